The Labute approximate surface area is 349 Å². The van der Waals surface area contributed by atoms with Gasteiger partial charge in [0.1, 0.15) is 17.3 Å². The first-order chi connectivity index (χ1) is 29.2. The number of carbonyl (C=O) groups is 2. The van der Waals surface area contributed by atoms with Crippen molar-refractivity contribution in [2.75, 3.05) is 55.3 Å². The summed E-state index contributed by atoms with van der Waals surface area (Å²) >= 11 is 0. The monoisotopic (exact) mass is 833 g/mol. The van der Waals surface area contributed by atoms with Crippen LogP contribution in [0.2, 0.25) is 0 Å². The molecule has 0 saturated carbocycles. The van der Waals surface area contributed by atoms with Crippen LogP contribution in [0.1, 0.15) is 35.5 Å². The molecule has 6 aromatic rings. The number of fused-ring (bicyclic) bond motifs is 1. The molecule has 314 valence electrons. The van der Waals surface area contributed by atoms with Crippen LogP contribution < -0.4 is 30.7 Å². The lowest BCUT2D eigenvalue weighted by Gasteiger charge is -2.26. The number of aryl methyl sites for hydroxylation is 1. The summed E-state index contributed by atoms with van der Waals surface area (Å²) in [5, 5.41) is 17.5. The second-order valence-corrected chi connectivity index (χ2v) is 14.6. The molecule has 0 atom stereocenters. The van der Waals surface area contributed by atoms with E-state index in [0.29, 0.717) is 53.5 Å². The van der Waals surface area contributed by atoms with Crippen LogP contribution in [0.4, 0.5) is 41.1 Å². The fraction of sp³-hybridized carbons (Fsp3) is 0.250. The van der Waals surface area contributed by atoms with E-state index in [2.05, 4.69) is 46.8 Å². The van der Waals surface area contributed by atoms with E-state index < -0.39 is 29.5 Å². The van der Waals surface area contributed by atoms with Gasteiger partial charge < -0.3 is 30.2 Å². The molecule has 2 aromatic heterocycles. The van der Waals surface area contributed by atoms with Gasteiger partial charge in [0.05, 0.1) is 35.7 Å². The van der Waals surface area contributed by atoms with Crippen molar-refractivity contribution in [2.45, 2.75) is 32.5 Å². The third kappa shape index (κ3) is 10.7. The molecule has 3 amide bonds. The lowest BCUT2D eigenvalue weighted by molar-refractivity contribution is -0.274. The number of rotatable bonds is 13. The molecule has 0 radical (unpaired) electrons. The van der Waals surface area contributed by atoms with Gasteiger partial charge in [-0.05, 0) is 57.2 Å². The Morgan fingerprint density at radius 1 is 0.934 bits per heavy atom. The van der Waals surface area contributed by atoms with Gasteiger partial charge in [-0.1, -0.05) is 47.9 Å². The maximum atomic E-state index is 13.6. The van der Waals surface area contributed by atoms with E-state index in [1.54, 1.807) is 22.9 Å². The lowest BCUT2D eigenvalue weighted by Crippen LogP contribution is -2.41. The van der Waals surface area contributed by atoms with Crippen LogP contribution in [0.15, 0.2) is 97.2 Å². The summed E-state index contributed by atoms with van der Waals surface area (Å²) in [4.78, 5) is 37.3. The molecule has 4 aromatic carbocycles. The Bertz CT molecular complexity index is 2580. The zero-order chi connectivity index (χ0) is 43.1. The number of halogens is 3. The third-order valence-corrected chi connectivity index (χ3v) is 9.68. The highest BCUT2D eigenvalue weighted by Gasteiger charge is 2.32. The summed E-state index contributed by atoms with van der Waals surface area (Å²) in [7, 11) is 0. The third-order valence-electron chi connectivity index (χ3n) is 9.68. The molecule has 0 aliphatic carbocycles. The summed E-state index contributed by atoms with van der Waals surface area (Å²) in [5.74, 6) is 2.43. The van der Waals surface area contributed by atoms with Gasteiger partial charge in [0, 0.05) is 72.6 Å². The highest BCUT2D eigenvalue weighted by atomic mass is 19.4. The summed E-state index contributed by atoms with van der Waals surface area (Å²) in [6.45, 7) is 9.18. The number of hydrogen-bond acceptors (Lipinski definition) is 10. The number of carbonyl (C=O) groups excluding carboxylic acids is 2. The zero-order valence-corrected chi connectivity index (χ0v) is 33.5. The van der Waals surface area contributed by atoms with Crippen molar-refractivity contribution < 1.29 is 37.0 Å². The smallest absolute Gasteiger partial charge is 0.438 e. The Morgan fingerprint density at radius 2 is 1.69 bits per heavy atom. The quantitative estimate of drug-likeness (QED) is 0.0838. The van der Waals surface area contributed by atoms with Crippen molar-refractivity contribution in [3.63, 3.8) is 0 Å². The molecule has 1 aliphatic heterocycles. The summed E-state index contributed by atoms with van der Waals surface area (Å²) in [6, 6.07) is 24.5. The van der Waals surface area contributed by atoms with Gasteiger partial charge in [-0.2, -0.15) is 10.1 Å². The van der Waals surface area contributed by atoms with Gasteiger partial charge in [-0.25, -0.2) is 14.5 Å². The van der Waals surface area contributed by atoms with E-state index in [9.17, 15) is 22.8 Å². The number of nitrogens with zero attached hydrogens (tertiary/aromatic N) is 5. The number of alkyl halides is 3. The van der Waals surface area contributed by atoms with Gasteiger partial charge in [0.15, 0.2) is 0 Å². The van der Waals surface area contributed by atoms with Crippen LogP contribution >= 0.6 is 0 Å². The van der Waals surface area contributed by atoms with Crippen molar-refractivity contribution >= 4 is 45.9 Å². The maximum absolute atomic E-state index is 13.6. The molecule has 3 heterocycles. The predicted octanol–water partition coefficient (Wildman–Crippen LogP) is 8.18. The molecule has 7 rings (SSSR count). The molecule has 1 aliphatic rings. The van der Waals surface area contributed by atoms with E-state index in [-0.39, 0.29) is 29.6 Å². The Morgan fingerprint density at radius 3 is 2.43 bits per heavy atom. The first-order valence-electron chi connectivity index (χ1n) is 19.3. The minimum atomic E-state index is -5.00. The summed E-state index contributed by atoms with van der Waals surface area (Å²) in [5.41, 5.74) is 2.19. The van der Waals surface area contributed by atoms with Crippen molar-refractivity contribution in [1.29, 1.82) is 0 Å². The summed E-state index contributed by atoms with van der Waals surface area (Å²) in [6.07, 6.45) is 2.21. The normalized spacial score (nSPS) is 13.3. The molecule has 0 unspecified atom stereocenters. The van der Waals surface area contributed by atoms with Gasteiger partial charge in [-0.15, -0.1) is 19.6 Å². The predicted molar refractivity (Wildman–Crippen MR) is 225 cm³/mol. The van der Waals surface area contributed by atoms with Crippen LogP contribution in [0.25, 0.3) is 16.5 Å². The molecule has 0 bridgehead atoms. The Hall–Kier alpha value is -7.16. The second kappa shape index (κ2) is 18.0. The molecule has 1 saturated heterocycles. The first kappa shape index (κ1) is 42.0. The van der Waals surface area contributed by atoms with Crippen LogP contribution in [-0.2, 0) is 10.2 Å². The zero-order valence-electron chi connectivity index (χ0n) is 33.5. The van der Waals surface area contributed by atoms with Gasteiger partial charge >= 0.3 is 12.4 Å². The number of hydrogen-bond donors (Lipinski definition) is 4. The van der Waals surface area contributed by atoms with Crippen molar-refractivity contribution in [3.05, 3.63) is 114 Å². The van der Waals surface area contributed by atoms with E-state index >= 15 is 0 Å². The number of amides is 3. The number of nitrogens with one attached hydrogen (secondary N) is 4. The van der Waals surface area contributed by atoms with Crippen molar-refractivity contribution in [1.82, 2.24) is 30.0 Å². The Kier molecular flexibility index (Phi) is 12.4. The highest BCUT2D eigenvalue weighted by molar-refractivity contribution is 6.07. The molecule has 4 N–H and O–H groups in total. The fourth-order valence-corrected chi connectivity index (χ4v) is 6.42. The minimum Gasteiger partial charge on any atom is -0.438 e. The first-order valence-corrected chi connectivity index (χ1v) is 19.3. The number of morpholine rings is 1. The van der Waals surface area contributed by atoms with Crippen molar-refractivity contribution in [3.8, 4) is 35.4 Å². The van der Waals surface area contributed by atoms with Crippen LogP contribution in [0.5, 0.6) is 17.4 Å². The average Bonchev–Trinajstić information content (AvgIpc) is 3.66. The van der Waals surface area contributed by atoms with Gasteiger partial charge in [0.2, 0.25) is 11.8 Å². The summed E-state index contributed by atoms with van der Waals surface area (Å²) < 4.78 is 57.2. The number of urea groups is 1. The molecule has 0 spiro atoms. The van der Waals surface area contributed by atoms with Crippen LogP contribution in [-0.4, -0.2) is 82.3 Å². The second-order valence-electron chi connectivity index (χ2n) is 14.6. The molecule has 61 heavy (non-hydrogen) atoms. The molecular formula is C44H42F3N9O5. The molecule has 17 heteroatoms. The lowest BCUT2D eigenvalue weighted by atomic mass is 9.91. The van der Waals surface area contributed by atoms with Crippen molar-refractivity contribution in [2.24, 2.45) is 0 Å². The van der Waals surface area contributed by atoms with E-state index in [1.165, 1.54) is 18.3 Å². The van der Waals surface area contributed by atoms with Crippen LogP contribution in [0, 0.1) is 19.3 Å². The fourth-order valence-electron chi connectivity index (χ4n) is 6.42. The number of ether oxygens (including phenoxy) is 3. The SMILES string of the molecule is C#CC(C)(C)c1cc(NC(=O)Nc2ccc(Oc3ccnc(Nc4cc(OC(F)(F)F)cc(C(=O)NCCN5CCOCC5)c4)n3)c3ccccc23)n(-c2ccc(C)cc2)n1. The number of benzene rings is 4. The largest absolute Gasteiger partial charge is 0.573 e. The maximum Gasteiger partial charge on any atom is 0.573 e. The topological polar surface area (TPSA) is 157 Å². The van der Waals surface area contributed by atoms with Gasteiger partial charge in [-0.3, -0.25) is 15.0 Å². The molecule has 14 nitrogen and oxygen atoms in total. The number of aromatic nitrogens is 4. The van der Waals surface area contributed by atoms with Gasteiger partial charge in [0.25, 0.3) is 5.91 Å². The average molecular weight is 834 g/mol. The Balaban J connectivity index is 1.07. The highest BCUT2D eigenvalue weighted by Crippen LogP contribution is 2.35. The van der Waals surface area contributed by atoms with E-state index in [0.717, 1.165) is 36.5 Å². The van der Waals surface area contributed by atoms with E-state index in [4.69, 9.17) is 21.0 Å². The number of anilines is 4. The standard InChI is InChI=1S/C44H42F3N9O5/c1-5-43(3,4)37-27-38(56(54-37)31-12-10-28(2)11-13-31)52-42(58)51-35-14-15-36(34-9-7-6-8-33(34)35)60-39-16-17-49-41(53-39)50-30-24-29(25-32(26-30)61-44(45,46)47)40(57)48-18-19-55-20-22-59-23-21-55/h1,6-17,24-27H,18-23H2,2-4H3,(H,48,57)(H,49,50,53)(H2,51,52,58). The van der Waals surface area contributed by atoms with E-state index in [1.807, 2.05) is 69.3 Å². The minimum absolute atomic E-state index is 0.0294. The molecule has 1 fully saturated rings. The van der Waals surface area contributed by atoms with Crippen LogP contribution in [0.3, 0.4) is 0 Å². The number of terminal acetylenes is 1. The molecular weight excluding hydrogens is 792 g/mol.